The summed E-state index contributed by atoms with van der Waals surface area (Å²) in [5.74, 6) is -0.442. The summed E-state index contributed by atoms with van der Waals surface area (Å²) in [6.07, 6.45) is 0. The molecule has 1 heterocycles. The summed E-state index contributed by atoms with van der Waals surface area (Å²) >= 11 is 0. The first kappa shape index (κ1) is 18.1. The maximum atomic E-state index is 12.9. The van der Waals surface area contributed by atoms with Crippen molar-refractivity contribution in [3.8, 4) is 0 Å². The van der Waals surface area contributed by atoms with Crippen LogP contribution in [-0.2, 0) is 4.79 Å². The summed E-state index contributed by atoms with van der Waals surface area (Å²) in [6, 6.07) is 5.93. The summed E-state index contributed by atoms with van der Waals surface area (Å²) < 4.78 is 12.9. The van der Waals surface area contributed by atoms with E-state index in [1.165, 1.54) is 12.1 Å². The topological polar surface area (TPSA) is 44.4 Å². The average molecular weight is 310 g/mol. The van der Waals surface area contributed by atoms with Crippen molar-refractivity contribution in [1.29, 1.82) is 0 Å². The molecule has 1 aromatic carbocycles. The molecule has 0 bridgehead atoms. The monoisotopic (exact) mass is 309 g/mol. The van der Waals surface area contributed by atoms with Crippen LogP contribution < -0.4 is 10.6 Å². The van der Waals surface area contributed by atoms with Crippen LogP contribution in [0.4, 0.5) is 10.1 Å². The minimum Gasteiger partial charge on any atom is -0.325 e. The van der Waals surface area contributed by atoms with Gasteiger partial charge < -0.3 is 10.6 Å². The SMILES string of the molecule is Cl.Cl.O=C(CN1CCNCC1)Nc1cccc(F)c1. The third kappa shape index (κ3) is 6.20. The quantitative estimate of drug-likeness (QED) is 0.889. The lowest BCUT2D eigenvalue weighted by atomic mass is 10.3. The lowest BCUT2D eigenvalue weighted by molar-refractivity contribution is -0.117. The number of piperazine rings is 1. The summed E-state index contributed by atoms with van der Waals surface area (Å²) in [4.78, 5) is 13.8. The molecule has 1 aromatic rings. The van der Waals surface area contributed by atoms with E-state index in [0.29, 0.717) is 12.2 Å². The fourth-order valence-corrected chi connectivity index (χ4v) is 1.84. The van der Waals surface area contributed by atoms with Crippen LogP contribution in [0, 0.1) is 5.82 Å². The highest BCUT2D eigenvalue weighted by Crippen LogP contribution is 2.08. The standard InChI is InChI=1S/C12H16FN3O.2ClH/c13-10-2-1-3-11(8-10)15-12(17)9-16-6-4-14-5-7-16;;/h1-3,8,14H,4-7,9H2,(H,15,17);2*1H. The van der Waals surface area contributed by atoms with Crippen molar-refractivity contribution in [1.82, 2.24) is 10.2 Å². The van der Waals surface area contributed by atoms with Gasteiger partial charge in [0.15, 0.2) is 0 Å². The van der Waals surface area contributed by atoms with Crippen LogP contribution in [0.5, 0.6) is 0 Å². The van der Waals surface area contributed by atoms with Crippen LogP contribution in [0.25, 0.3) is 0 Å². The van der Waals surface area contributed by atoms with E-state index in [-0.39, 0.29) is 36.5 Å². The van der Waals surface area contributed by atoms with Crippen molar-refractivity contribution in [2.75, 3.05) is 38.0 Å². The Kier molecular flexibility index (Phi) is 8.67. The van der Waals surface area contributed by atoms with Gasteiger partial charge in [-0.05, 0) is 18.2 Å². The van der Waals surface area contributed by atoms with E-state index in [0.717, 1.165) is 26.2 Å². The lowest BCUT2D eigenvalue weighted by Crippen LogP contribution is -2.46. The van der Waals surface area contributed by atoms with Gasteiger partial charge in [0.25, 0.3) is 0 Å². The van der Waals surface area contributed by atoms with Gasteiger partial charge >= 0.3 is 0 Å². The van der Waals surface area contributed by atoms with E-state index < -0.39 is 0 Å². The number of halogens is 3. The van der Waals surface area contributed by atoms with E-state index in [4.69, 9.17) is 0 Å². The number of carbonyl (C=O) groups excluding carboxylic acids is 1. The van der Waals surface area contributed by atoms with Gasteiger partial charge in [-0.3, -0.25) is 9.69 Å². The molecule has 0 radical (unpaired) electrons. The second-order valence-electron chi connectivity index (χ2n) is 4.08. The van der Waals surface area contributed by atoms with Crippen molar-refractivity contribution in [2.45, 2.75) is 0 Å². The molecule has 1 aliphatic rings. The molecule has 0 atom stereocenters. The van der Waals surface area contributed by atoms with Gasteiger partial charge in [-0.25, -0.2) is 4.39 Å². The molecule has 19 heavy (non-hydrogen) atoms. The number of rotatable bonds is 3. The minimum atomic E-state index is -0.343. The van der Waals surface area contributed by atoms with Gasteiger partial charge in [-0.15, -0.1) is 24.8 Å². The zero-order valence-electron chi connectivity index (χ0n) is 10.4. The van der Waals surface area contributed by atoms with Crippen LogP contribution in [0.2, 0.25) is 0 Å². The number of anilines is 1. The van der Waals surface area contributed by atoms with Gasteiger partial charge in [-0.2, -0.15) is 0 Å². The summed E-state index contributed by atoms with van der Waals surface area (Å²) in [5.41, 5.74) is 0.505. The number of hydrogen-bond acceptors (Lipinski definition) is 3. The van der Waals surface area contributed by atoms with Gasteiger partial charge in [-0.1, -0.05) is 6.07 Å². The molecule has 2 rings (SSSR count). The number of nitrogens with zero attached hydrogens (tertiary/aromatic N) is 1. The van der Waals surface area contributed by atoms with Crippen molar-refractivity contribution in [2.24, 2.45) is 0 Å². The summed E-state index contributed by atoms with van der Waals surface area (Å²) in [7, 11) is 0. The molecule has 7 heteroatoms. The number of hydrogen-bond donors (Lipinski definition) is 2. The molecule has 0 aromatic heterocycles. The number of carbonyl (C=O) groups is 1. The van der Waals surface area contributed by atoms with Gasteiger partial charge in [0.2, 0.25) is 5.91 Å². The Morgan fingerprint density at radius 1 is 1.32 bits per heavy atom. The smallest absolute Gasteiger partial charge is 0.238 e. The van der Waals surface area contributed by atoms with Crippen molar-refractivity contribution >= 4 is 36.4 Å². The maximum absolute atomic E-state index is 12.9. The Labute approximate surface area is 124 Å². The first-order valence-corrected chi connectivity index (χ1v) is 5.72. The number of amides is 1. The zero-order chi connectivity index (χ0) is 12.1. The molecule has 108 valence electrons. The predicted octanol–water partition coefficient (Wildman–Crippen LogP) is 1.51. The van der Waals surface area contributed by atoms with E-state index in [2.05, 4.69) is 15.5 Å². The highest BCUT2D eigenvalue weighted by Gasteiger charge is 2.13. The van der Waals surface area contributed by atoms with E-state index in [1.54, 1.807) is 12.1 Å². The molecule has 0 saturated carbocycles. The predicted molar refractivity (Wildman–Crippen MR) is 78.8 cm³/mol. The molecule has 1 aliphatic heterocycles. The summed E-state index contributed by atoms with van der Waals surface area (Å²) in [6.45, 7) is 3.92. The Balaban J connectivity index is 0.00000162. The van der Waals surface area contributed by atoms with Crippen LogP contribution in [-0.4, -0.2) is 43.5 Å². The second-order valence-corrected chi connectivity index (χ2v) is 4.08. The van der Waals surface area contributed by atoms with Gasteiger partial charge in [0, 0.05) is 31.9 Å². The van der Waals surface area contributed by atoms with Crippen molar-refractivity contribution in [3.63, 3.8) is 0 Å². The molecule has 1 fully saturated rings. The molecule has 1 saturated heterocycles. The highest BCUT2D eigenvalue weighted by atomic mass is 35.5. The molecule has 0 aliphatic carbocycles. The largest absolute Gasteiger partial charge is 0.325 e. The molecular weight excluding hydrogens is 292 g/mol. The normalized spacial score (nSPS) is 15.0. The van der Waals surface area contributed by atoms with Crippen LogP contribution in [0.15, 0.2) is 24.3 Å². The Morgan fingerprint density at radius 3 is 2.63 bits per heavy atom. The van der Waals surface area contributed by atoms with Crippen LogP contribution in [0.1, 0.15) is 0 Å². The van der Waals surface area contributed by atoms with Crippen molar-refractivity contribution < 1.29 is 9.18 Å². The van der Waals surface area contributed by atoms with Gasteiger partial charge in [0.1, 0.15) is 5.82 Å². The molecule has 1 amide bonds. The third-order valence-electron chi connectivity index (χ3n) is 2.69. The molecule has 2 N–H and O–H groups in total. The van der Waals surface area contributed by atoms with E-state index in [9.17, 15) is 9.18 Å². The first-order chi connectivity index (χ1) is 8.24. The van der Waals surface area contributed by atoms with Crippen molar-refractivity contribution in [3.05, 3.63) is 30.1 Å². The molecule has 4 nitrogen and oxygen atoms in total. The van der Waals surface area contributed by atoms with Crippen LogP contribution >= 0.6 is 24.8 Å². The maximum Gasteiger partial charge on any atom is 0.238 e. The highest BCUT2D eigenvalue weighted by molar-refractivity contribution is 5.92. The number of nitrogens with one attached hydrogen (secondary N) is 2. The minimum absolute atomic E-state index is 0. The average Bonchev–Trinajstić information content (AvgIpc) is 2.30. The fraction of sp³-hybridized carbons (Fsp3) is 0.417. The molecule has 0 unspecified atom stereocenters. The first-order valence-electron chi connectivity index (χ1n) is 5.72. The zero-order valence-corrected chi connectivity index (χ0v) is 12.0. The Morgan fingerprint density at radius 2 is 2.00 bits per heavy atom. The molecule has 0 spiro atoms. The van der Waals surface area contributed by atoms with E-state index in [1.807, 2.05) is 0 Å². The summed E-state index contributed by atoms with van der Waals surface area (Å²) in [5, 5.41) is 5.91. The van der Waals surface area contributed by atoms with Gasteiger partial charge in [0.05, 0.1) is 6.54 Å². The lowest BCUT2D eigenvalue weighted by Gasteiger charge is -2.26. The fourth-order valence-electron chi connectivity index (χ4n) is 1.84. The number of benzene rings is 1. The van der Waals surface area contributed by atoms with Crippen LogP contribution in [0.3, 0.4) is 0 Å². The second kappa shape index (κ2) is 9.09. The van der Waals surface area contributed by atoms with E-state index >= 15 is 0 Å². The molecular formula is C12H18Cl2FN3O. The Hall–Kier alpha value is -0.880. The third-order valence-corrected chi connectivity index (χ3v) is 2.69. The Bertz CT molecular complexity index is 400.